The van der Waals surface area contributed by atoms with Gasteiger partial charge in [0.15, 0.2) is 5.78 Å². The molecule has 1 unspecified atom stereocenters. The van der Waals surface area contributed by atoms with E-state index in [0.29, 0.717) is 28.7 Å². The molecule has 1 heterocycles. The van der Waals surface area contributed by atoms with Crippen LogP contribution in [0.3, 0.4) is 0 Å². The molecule has 0 aliphatic carbocycles. The van der Waals surface area contributed by atoms with E-state index < -0.39 is 46.4 Å². The minimum atomic E-state index is -4.76. The first-order valence-electron chi connectivity index (χ1n) is 9.31. The van der Waals surface area contributed by atoms with Gasteiger partial charge in [0.2, 0.25) is 5.60 Å². The first-order chi connectivity index (χ1) is 14.4. The molecule has 166 valence electrons. The Morgan fingerprint density at radius 3 is 2.52 bits per heavy atom. The normalized spacial score (nSPS) is 19.6. The van der Waals surface area contributed by atoms with Crippen molar-refractivity contribution >= 4 is 29.0 Å². The van der Waals surface area contributed by atoms with Crippen molar-refractivity contribution < 1.29 is 36.6 Å². The van der Waals surface area contributed by atoms with E-state index in [1.807, 2.05) is 0 Å². The van der Waals surface area contributed by atoms with Crippen LogP contribution in [0.5, 0.6) is 0 Å². The number of nitrogens with zero attached hydrogens (tertiary/aromatic N) is 1. The van der Waals surface area contributed by atoms with Gasteiger partial charge in [0.1, 0.15) is 11.6 Å². The Balaban J connectivity index is 1.83. The number of hydrogen-bond acceptors (Lipinski definition) is 3. The molecular formula is C21H17ClF5NO3. The number of aryl methyl sites for hydroxylation is 1. The summed E-state index contributed by atoms with van der Waals surface area (Å²) in [6.45, 7) is -0.161. The van der Waals surface area contributed by atoms with Crippen LogP contribution in [-0.4, -0.2) is 28.9 Å². The van der Waals surface area contributed by atoms with Crippen molar-refractivity contribution in [3.8, 4) is 0 Å². The highest BCUT2D eigenvalue weighted by Crippen LogP contribution is 2.36. The van der Waals surface area contributed by atoms with Gasteiger partial charge in [0.05, 0.1) is 11.3 Å². The zero-order valence-electron chi connectivity index (χ0n) is 16.0. The van der Waals surface area contributed by atoms with Gasteiger partial charge in [-0.25, -0.2) is 8.78 Å². The van der Waals surface area contributed by atoms with Crippen molar-refractivity contribution in [2.45, 2.75) is 37.5 Å². The van der Waals surface area contributed by atoms with Crippen LogP contribution in [0.2, 0.25) is 5.02 Å². The molecular weight excluding hydrogens is 445 g/mol. The number of Topliss-reactive ketones (excluding diaryl/α,β-unsaturated/α-hetero) is 1. The summed E-state index contributed by atoms with van der Waals surface area (Å²) in [4.78, 5) is 26.2. The summed E-state index contributed by atoms with van der Waals surface area (Å²) in [5, 5.41) is 10.9. The second kappa shape index (κ2) is 8.55. The maximum absolute atomic E-state index is 14.2. The van der Waals surface area contributed by atoms with E-state index in [0.717, 1.165) is 12.1 Å². The van der Waals surface area contributed by atoms with Crippen LogP contribution >= 0.6 is 11.6 Å². The molecule has 1 fully saturated rings. The average molecular weight is 462 g/mol. The van der Waals surface area contributed by atoms with Crippen molar-refractivity contribution in [3.63, 3.8) is 0 Å². The summed E-state index contributed by atoms with van der Waals surface area (Å²) in [5.74, 6) is -3.80. The molecule has 0 saturated carbocycles. The third kappa shape index (κ3) is 4.88. The zero-order valence-corrected chi connectivity index (χ0v) is 16.7. The molecule has 1 aliphatic heterocycles. The summed E-state index contributed by atoms with van der Waals surface area (Å²) >= 11 is 5.76. The van der Waals surface area contributed by atoms with Crippen LogP contribution in [0.1, 0.15) is 30.4 Å². The SMILES string of the molecule is O=C(CCc1cc(F)cc(Cl)c1)C1(O)CCCN(c2cc(C(F)(F)F)ccc2F)C1=O. The maximum Gasteiger partial charge on any atom is 0.416 e. The Labute approximate surface area is 179 Å². The maximum atomic E-state index is 14.2. The number of amides is 1. The second-order valence-corrected chi connectivity index (χ2v) is 7.72. The molecule has 4 nitrogen and oxygen atoms in total. The summed E-state index contributed by atoms with van der Waals surface area (Å²) in [6, 6.07) is 5.24. The highest BCUT2D eigenvalue weighted by molar-refractivity contribution is 6.30. The molecule has 0 aromatic heterocycles. The Bertz CT molecular complexity index is 1010. The average Bonchev–Trinajstić information content (AvgIpc) is 2.67. The third-order valence-electron chi connectivity index (χ3n) is 5.11. The molecule has 1 aliphatic rings. The third-order valence-corrected chi connectivity index (χ3v) is 5.33. The number of halogens is 6. The summed E-state index contributed by atoms with van der Waals surface area (Å²) in [5.41, 5.74) is -3.98. The van der Waals surface area contributed by atoms with E-state index in [1.165, 1.54) is 6.07 Å². The Kier molecular flexibility index (Phi) is 6.38. The van der Waals surface area contributed by atoms with Crippen LogP contribution < -0.4 is 4.90 Å². The van der Waals surface area contributed by atoms with Gasteiger partial charge in [-0.3, -0.25) is 9.59 Å². The number of carbonyl (C=O) groups is 2. The lowest BCUT2D eigenvalue weighted by Crippen LogP contribution is -2.58. The predicted molar refractivity (Wildman–Crippen MR) is 103 cm³/mol. The molecule has 1 N–H and O–H groups in total. The minimum absolute atomic E-state index is 0.0240. The second-order valence-electron chi connectivity index (χ2n) is 7.29. The number of anilines is 1. The monoisotopic (exact) mass is 461 g/mol. The van der Waals surface area contributed by atoms with Crippen LogP contribution in [0.15, 0.2) is 36.4 Å². The van der Waals surface area contributed by atoms with Crippen molar-refractivity contribution in [1.82, 2.24) is 0 Å². The van der Waals surface area contributed by atoms with Crippen LogP contribution in [0.4, 0.5) is 27.6 Å². The number of hydrogen-bond donors (Lipinski definition) is 1. The van der Waals surface area contributed by atoms with Crippen LogP contribution in [0, 0.1) is 11.6 Å². The number of alkyl halides is 3. The lowest BCUT2D eigenvalue weighted by atomic mass is 9.84. The molecule has 31 heavy (non-hydrogen) atoms. The Hall–Kier alpha value is -2.52. The predicted octanol–water partition coefficient (Wildman–Crippen LogP) is 4.70. The molecule has 1 saturated heterocycles. The zero-order chi connectivity index (χ0) is 23.0. The Morgan fingerprint density at radius 2 is 1.87 bits per heavy atom. The van der Waals surface area contributed by atoms with E-state index in [9.17, 15) is 36.6 Å². The van der Waals surface area contributed by atoms with Crippen molar-refractivity contribution in [1.29, 1.82) is 0 Å². The van der Waals surface area contributed by atoms with Gasteiger partial charge in [0, 0.05) is 18.0 Å². The molecule has 0 radical (unpaired) electrons. The van der Waals surface area contributed by atoms with Gasteiger partial charge in [-0.05, 0) is 61.2 Å². The van der Waals surface area contributed by atoms with E-state index in [1.54, 1.807) is 0 Å². The molecule has 0 bridgehead atoms. The lowest BCUT2D eigenvalue weighted by Gasteiger charge is -2.37. The molecule has 2 aromatic carbocycles. The van der Waals surface area contributed by atoms with E-state index in [4.69, 9.17) is 11.6 Å². The standard InChI is InChI=1S/C21H17ClF5NO3/c22-14-8-12(9-15(23)11-14)2-5-18(29)20(31)6-1-7-28(19(20)30)17-10-13(21(25,26)27)3-4-16(17)24/h3-4,8-11,31H,1-2,5-7H2. The number of benzene rings is 2. The lowest BCUT2D eigenvalue weighted by molar-refractivity contribution is -0.153. The van der Waals surface area contributed by atoms with Crippen molar-refractivity contribution in [2.24, 2.45) is 0 Å². The fourth-order valence-electron chi connectivity index (χ4n) is 3.53. The fraction of sp³-hybridized carbons (Fsp3) is 0.333. The van der Waals surface area contributed by atoms with E-state index >= 15 is 0 Å². The molecule has 2 aromatic rings. The highest BCUT2D eigenvalue weighted by atomic mass is 35.5. The van der Waals surface area contributed by atoms with Gasteiger partial charge in [-0.15, -0.1) is 0 Å². The topological polar surface area (TPSA) is 57.6 Å². The summed E-state index contributed by atoms with van der Waals surface area (Å²) in [6.07, 6.45) is -5.33. The van der Waals surface area contributed by atoms with Gasteiger partial charge in [0.25, 0.3) is 5.91 Å². The summed E-state index contributed by atoms with van der Waals surface area (Å²) < 4.78 is 66.7. The van der Waals surface area contributed by atoms with Gasteiger partial charge in [-0.1, -0.05) is 11.6 Å². The first-order valence-corrected chi connectivity index (χ1v) is 9.69. The molecule has 3 rings (SSSR count). The number of carbonyl (C=O) groups excluding carboxylic acids is 2. The fourth-order valence-corrected chi connectivity index (χ4v) is 3.77. The number of aliphatic hydroxyl groups is 1. The number of ketones is 1. The number of rotatable bonds is 5. The van der Waals surface area contributed by atoms with Gasteiger partial charge >= 0.3 is 6.18 Å². The minimum Gasteiger partial charge on any atom is -0.373 e. The largest absolute Gasteiger partial charge is 0.416 e. The number of piperidine rings is 1. The quantitative estimate of drug-likeness (QED) is 0.519. The van der Waals surface area contributed by atoms with Crippen molar-refractivity contribution in [2.75, 3.05) is 11.4 Å². The van der Waals surface area contributed by atoms with Gasteiger partial charge in [-0.2, -0.15) is 13.2 Å². The molecule has 1 amide bonds. The molecule has 1 atom stereocenters. The van der Waals surface area contributed by atoms with Crippen LogP contribution in [-0.2, 0) is 22.2 Å². The van der Waals surface area contributed by atoms with Crippen LogP contribution in [0.25, 0.3) is 0 Å². The smallest absolute Gasteiger partial charge is 0.373 e. The molecule has 10 heteroatoms. The van der Waals surface area contributed by atoms with Crippen molar-refractivity contribution in [3.05, 3.63) is 64.2 Å². The first kappa shape index (κ1) is 23.1. The van der Waals surface area contributed by atoms with E-state index in [-0.39, 0.29) is 37.3 Å². The summed E-state index contributed by atoms with van der Waals surface area (Å²) in [7, 11) is 0. The van der Waals surface area contributed by atoms with Gasteiger partial charge < -0.3 is 10.0 Å². The Morgan fingerprint density at radius 1 is 1.16 bits per heavy atom. The van der Waals surface area contributed by atoms with E-state index in [2.05, 4.69) is 0 Å². The highest BCUT2D eigenvalue weighted by Gasteiger charge is 2.48. The molecule has 0 spiro atoms.